The number of aryl methyl sites for hydroxylation is 1. The van der Waals surface area contributed by atoms with E-state index in [9.17, 15) is 0 Å². The van der Waals surface area contributed by atoms with Crippen LogP contribution in [0.5, 0.6) is 5.75 Å². The molecule has 21 heavy (non-hydrogen) atoms. The predicted octanol–water partition coefficient (Wildman–Crippen LogP) is 4.47. The van der Waals surface area contributed by atoms with E-state index in [1.54, 1.807) is 0 Å². The first-order valence-electron chi connectivity index (χ1n) is 8.11. The quantitative estimate of drug-likeness (QED) is 0.536. The summed E-state index contributed by atoms with van der Waals surface area (Å²) in [6.07, 6.45) is 9.08. The molecule has 0 heterocycles. The molecular formula is C19H28O2. The van der Waals surface area contributed by atoms with E-state index in [0.717, 1.165) is 29.9 Å². The molecule has 0 aliphatic carbocycles. The number of benzene rings is 1. The SMILES string of the molecule is CCCCCCCCCOc1ccc(C#CCO)c(C)c1. The maximum absolute atomic E-state index is 8.71. The summed E-state index contributed by atoms with van der Waals surface area (Å²) >= 11 is 0. The molecule has 0 amide bonds. The summed E-state index contributed by atoms with van der Waals surface area (Å²) in [5.74, 6) is 6.52. The van der Waals surface area contributed by atoms with Gasteiger partial charge in [0.2, 0.25) is 0 Å². The second kappa shape index (κ2) is 11.2. The summed E-state index contributed by atoms with van der Waals surface area (Å²) in [4.78, 5) is 0. The molecule has 0 spiro atoms. The van der Waals surface area contributed by atoms with Gasteiger partial charge in [0.1, 0.15) is 12.4 Å². The molecule has 0 bridgehead atoms. The minimum Gasteiger partial charge on any atom is -0.494 e. The van der Waals surface area contributed by atoms with Crippen molar-refractivity contribution in [2.24, 2.45) is 0 Å². The average molecular weight is 288 g/mol. The molecule has 0 aromatic heterocycles. The summed E-state index contributed by atoms with van der Waals surface area (Å²) in [6, 6.07) is 5.93. The Labute approximate surface area is 129 Å². The molecule has 0 saturated heterocycles. The largest absolute Gasteiger partial charge is 0.494 e. The average Bonchev–Trinajstić information content (AvgIpc) is 2.49. The number of aliphatic hydroxyl groups is 1. The van der Waals surface area contributed by atoms with Gasteiger partial charge in [0.15, 0.2) is 0 Å². The van der Waals surface area contributed by atoms with E-state index >= 15 is 0 Å². The fourth-order valence-corrected chi connectivity index (χ4v) is 2.25. The lowest BCUT2D eigenvalue weighted by molar-refractivity contribution is 0.304. The van der Waals surface area contributed by atoms with Crippen LogP contribution >= 0.6 is 0 Å². The molecule has 1 aromatic carbocycles. The summed E-state index contributed by atoms with van der Waals surface area (Å²) in [7, 11) is 0. The Morgan fingerprint density at radius 3 is 2.43 bits per heavy atom. The van der Waals surface area contributed by atoms with Crippen LogP contribution in [0.2, 0.25) is 0 Å². The van der Waals surface area contributed by atoms with Gasteiger partial charge in [0, 0.05) is 5.56 Å². The van der Waals surface area contributed by atoms with Crippen LogP contribution in [0.3, 0.4) is 0 Å². The fraction of sp³-hybridized carbons (Fsp3) is 0.579. The Bertz CT molecular complexity index is 454. The van der Waals surface area contributed by atoms with Crippen LogP contribution in [-0.2, 0) is 0 Å². The van der Waals surface area contributed by atoms with E-state index < -0.39 is 0 Å². The van der Waals surface area contributed by atoms with Gasteiger partial charge in [-0.3, -0.25) is 0 Å². The zero-order chi connectivity index (χ0) is 15.3. The van der Waals surface area contributed by atoms with Crippen molar-refractivity contribution in [2.45, 2.75) is 58.8 Å². The maximum Gasteiger partial charge on any atom is 0.119 e. The van der Waals surface area contributed by atoms with Gasteiger partial charge in [0.05, 0.1) is 6.61 Å². The smallest absolute Gasteiger partial charge is 0.119 e. The number of unbranched alkanes of at least 4 members (excludes halogenated alkanes) is 6. The molecule has 0 saturated carbocycles. The predicted molar refractivity (Wildman–Crippen MR) is 88.6 cm³/mol. The van der Waals surface area contributed by atoms with Crippen LogP contribution in [0.4, 0.5) is 0 Å². The van der Waals surface area contributed by atoms with Crippen LogP contribution in [0.25, 0.3) is 0 Å². The van der Waals surface area contributed by atoms with E-state index in [1.807, 2.05) is 25.1 Å². The van der Waals surface area contributed by atoms with E-state index in [2.05, 4.69) is 18.8 Å². The maximum atomic E-state index is 8.71. The minimum absolute atomic E-state index is 0.101. The van der Waals surface area contributed by atoms with Crippen LogP contribution in [0, 0.1) is 18.8 Å². The van der Waals surface area contributed by atoms with Crippen molar-refractivity contribution < 1.29 is 9.84 Å². The van der Waals surface area contributed by atoms with E-state index in [-0.39, 0.29) is 6.61 Å². The third-order valence-electron chi connectivity index (χ3n) is 3.52. The van der Waals surface area contributed by atoms with Crippen molar-refractivity contribution in [3.8, 4) is 17.6 Å². The number of ether oxygens (including phenoxy) is 1. The topological polar surface area (TPSA) is 29.5 Å². The zero-order valence-corrected chi connectivity index (χ0v) is 13.5. The third kappa shape index (κ3) is 7.78. The van der Waals surface area contributed by atoms with Crippen LogP contribution in [0.15, 0.2) is 18.2 Å². The van der Waals surface area contributed by atoms with E-state index in [1.165, 1.54) is 38.5 Å². The molecule has 0 fully saturated rings. The Morgan fingerprint density at radius 1 is 1.05 bits per heavy atom. The van der Waals surface area contributed by atoms with Gasteiger partial charge in [-0.1, -0.05) is 57.3 Å². The summed E-state index contributed by atoms with van der Waals surface area (Å²) in [5, 5.41) is 8.71. The highest BCUT2D eigenvalue weighted by atomic mass is 16.5. The van der Waals surface area contributed by atoms with Crippen LogP contribution in [-0.4, -0.2) is 18.3 Å². The summed E-state index contributed by atoms with van der Waals surface area (Å²) in [5.41, 5.74) is 2.04. The highest BCUT2D eigenvalue weighted by Crippen LogP contribution is 2.17. The van der Waals surface area contributed by atoms with Crippen molar-refractivity contribution in [1.29, 1.82) is 0 Å². The van der Waals surface area contributed by atoms with Crippen molar-refractivity contribution in [3.05, 3.63) is 29.3 Å². The second-order valence-electron chi connectivity index (χ2n) is 5.41. The normalized spacial score (nSPS) is 10.0. The number of rotatable bonds is 9. The Morgan fingerprint density at radius 2 is 1.76 bits per heavy atom. The first-order chi connectivity index (χ1) is 10.3. The molecule has 0 atom stereocenters. The summed E-state index contributed by atoms with van der Waals surface area (Å²) < 4.78 is 5.78. The number of hydrogen-bond acceptors (Lipinski definition) is 2. The Kier molecular flexibility index (Phi) is 9.40. The first-order valence-corrected chi connectivity index (χ1v) is 8.11. The van der Waals surface area contributed by atoms with Gasteiger partial charge in [-0.2, -0.15) is 0 Å². The highest BCUT2D eigenvalue weighted by molar-refractivity contribution is 5.44. The molecule has 0 radical (unpaired) electrons. The molecule has 0 unspecified atom stereocenters. The molecule has 2 nitrogen and oxygen atoms in total. The Hall–Kier alpha value is -1.46. The van der Waals surface area contributed by atoms with Gasteiger partial charge in [-0.05, 0) is 37.1 Å². The minimum atomic E-state index is -0.101. The van der Waals surface area contributed by atoms with Crippen molar-refractivity contribution in [2.75, 3.05) is 13.2 Å². The second-order valence-corrected chi connectivity index (χ2v) is 5.41. The zero-order valence-electron chi connectivity index (χ0n) is 13.5. The van der Waals surface area contributed by atoms with Crippen LogP contribution in [0.1, 0.15) is 63.0 Å². The third-order valence-corrected chi connectivity index (χ3v) is 3.52. The fourth-order valence-electron chi connectivity index (χ4n) is 2.25. The molecule has 0 aliphatic heterocycles. The van der Waals surface area contributed by atoms with E-state index in [0.29, 0.717) is 0 Å². The van der Waals surface area contributed by atoms with Crippen molar-refractivity contribution in [1.82, 2.24) is 0 Å². The van der Waals surface area contributed by atoms with Crippen LogP contribution < -0.4 is 4.74 Å². The lowest BCUT2D eigenvalue weighted by atomic mass is 10.1. The number of hydrogen-bond donors (Lipinski definition) is 1. The molecule has 1 aromatic rings. The lowest BCUT2D eigenvalue weighted by Gasteiger charge is -2.08. The molecule has 1 N–H and O–H groups in total. The lowest BCUT2D eigenvalue weighted by Crippen LogP contribution is -1.98. The van der Waals surface area contributed by atoms with Crippen molar-refractivity contribution in [3.63, 3.8) is 0 Å². The molecular weight excluding hydrogens is 260 g/mol. The summed E-state index contributed by atoms with van der Waals surface area (Å²) in [6.45, 7) is 4.95. The molecule has 0 aliphatic rings. The first kappa shape index (κ1) is 17.6. The monoisotopic (exact) mass is 288 g/mol. The highest BCUT2D eigenvalue weighted by Gasteiger charge is 1.99. The van der Waals surface area contributed by atoms with Gasteiger partial charge in [-0.25, -0.2) is 0 Å². The van der Waals surface area contributed by atoms with Gasteiger partial charge < -0.3 is 9.84 Å². The van der Waals surface area contributed by atoms with Crippen molar-refractivity contribution >= 4 is 0 Å². The molecule has 2 heteroatoms. The Balaban J connectivity index is 2.22. The van der Waals surface area contributed by atoms with Gasteiger partial charge in [-0.15, -0.1) is 0 Å². The standard InChI is InChI=1S/C19H28O2/c1-3-4-5-6-7-8-9-15-21-19-13-12-18(11-10-14-20)17(2)16-19/h12-13,16,20H,3-9,14-15H2,1-2H3. The van der Waals surface area contributed by atoms with Gasteiger partial charge >= 0.3 is 0 Å². The molecule has 116 valence electrons. The molecule has 1 rings (SSSR count). The van der Waals surface area contributed by atoms with E-state index in [4.69, 9.17) is 9.84 Å². The number of aliphatic hydroxyl groups excluding tert-OH is 1. The van der Waals surface area contributed by atoms with Gasteiger partial charge in [0.25, 0.3) is 0 Å².